The van der Waals surface area contributed by atoms with E-state index >= 15 is 0 Å². The van der Waals surface area contributed by atoms with Crippen LogP contribution < -0.4 is 10.1 Å². The maximum absolute atomic E-state index is 9.22. The van der Waals surface area contributed by atoms with Gasteiger partial charge < -0.3 is 15.2 Å². The fourth-order valence-corrected chi connectivity index (χ4v) is 2.26. The first-order valence-electron chi connectivity index (χ1n) is 6.39. The second-order valence-corrected chi connectivity index (χ2v) is 4.58. The van der Waals surface area contributed by atoms with Crippen LogP contribution in [0.25, 0.3) is 11.1 Å². The van der Waals surface area contributed by atoms with Crippen molar-refractivity contribution in [3.63, 3.8) is 0 Å². The topological polar surface area (TPSA) is 54.4 Å². The molecule has 1 atom stereocenters. The third-order valence-electron chi connectivity index (χ3n) is 3.31. The number of hydrogen-bond donors (Lipinski definition) is 2. The standard InChI is InChI=1S/C15H16N2O2/c18-9-12-10-19-15-14(8-17-12)13(6-7-16-15)11-4-2-1-3-5-11/h1-7,12,17-18H,8-10H2. The zero-order valence-corrected chi connectivity index (χ0v) is 10.5. The zero-order valence-electron chi connectivity index (χ0n) is 10.5. The highest BCUT2D eigenvalue weighted by atomic mass is 16.5. The van der Waals surface area contributed by atoms with E-state index in [2.05, 4.69) is 22.4 Å². The highest BCUT2D eigenvalue weighted by molar-refractivity contribution is 5.68. The summed E-state index contributed by atoms with van der Waals surface area (Å²) in [4.78, 5) is 4.29. The van der Waals surface area contributed by atoms with Crippen LogP contribution in [0.4, 0.5) is 0 Å². The number of aliphatic hydroxyl groups is 1. The number of nitrogens with zero attached hydrogens (tertiary/aromatic N) is 1. The molecule has 1 aromatic heterocycles. The van der Waals surface area contributed by atoms with Crippen LogP contribution >= 0.6 is 0 Å². The first-order valence-corrected chi connectivity index (χ1v) is 6.39. The Labute approximate surface area is 112 Å². The molecule has 98 valence electrons. The second kappa shape index (κ2) is 5.38. The molecule has 0 amide bonds. The number of aromatic nitrogens is 1. The normalized spacial score (nSPS) is 18.3. The molecule has 0 saturated heterocycles. The molecule has 1 aliphatic rings. The van der Waals surface area contributed by atoms with Crippen molar-refractivity contribution < 1.29 is 9.84 Å². The van der Waals surface area contributed by atoms with Crippen molar-refractivity contribution in [1.82, 2.24) is 10.3 Å². The molecule has 1 unspecified atom stereocenters. The summed E-state index contributed by atoms with van der Waals surface area (Å²) in [5, 5.41) is 12.5. The average Bonchev–Trinajstić information content (AvgIpc) is 2.70. The summed E-state index contributed by atoms with van der Waals surface area (Å²) in [6, 6.07) is 12.1. The Morgan fingerprint density at radius 2 is 2.11 bits per heavy atom. The van der Waals surface area contributed by atoms with E-state index in [-0.39, 0.29) is 12.6 Å². The quantitative estimate of drug-likeness (QED) is 0.857. The summed E-state index contributed by atoms with van der Waals surface area (Å²) in [6.07, 6.45) is 1.76. The highest BCUT2D eigenvalue weighted by Crippen LogP contribution is 2.30. The molecular weight excluding hydrogens is 240 g/mol. The van der Waals surface area contributed by atoms with Gasteiger partial charge in [0.05, 0.1) is 12.6 Å². The summed E-state index contributed by atoms with van der Waals surface area (Å²) in [5.41, 5.74) is 3.32. The van der Waals surface area contributed by atoms with Crippen molar-refractivity contribution in [2.45, 2.75) is 12.6 Å². The van der Waals surface area contributed by atoms with Gasteiger partial charge in [0.1, 0.15) is 6.61 Å². The molecule has 19 heavy (non-hydrogen) atoms. The third-order valence-corrected chi connectivity index (χ3v) is 3.31. The Hall–Kier alpha value is -1.91. The summed E-state index contributed by atoms with van der Waals surface area (Å²) in [6.45, 7) is 1.15. The van der Waals surface area contributed by atoms with E-state index in [4.69, 9.17) is 4.74 Å². The summed E-state index contributed by atoms with van der Waals surface area (Å²) >= 11 is 0. The predicted molar refractivity (Wildman–Crippen MR) is 72.9 cm³/mol. The monoisotopic (exact) mass is 256 g/mol. The minimum atomic E-state index is -0.0437. The van der Waals surface area contributed by atoms with E-state index in [1.807, 2.05) is 24.3 Å². The van der Waals surface area contributed by atoms with Crippen LogP contribution in [0.2, 0.25) is 0 Å². The molecule has 2 heterocycles. The molecule has 0 saturated carbocycles. The molecular formula is C15H16N2O2. The van der Waals surface area contributed by atoms with Gasteiger partial charge in [-0.1, -0.05) is 30.3 Å². The number of nitrogens with one attached hydrogen (secondary N) is 1. The molecule has 0 fully saturated rings. The van der Waals surface area contributed by atoms with Crippen LogP contribution in [0.1, 0.15) is 5.56 Å². The SMILES string of the molecule is OCC1COc2nccc(-c3ccccc3)c2CN1. The van der Waals surface area contributed by atoms with Crippen LogP contribution in [0.15, 0.2) is 42.6 Å². The first kappa shape index (κ1) is 12.1. The maximum atomic E-state index is 9.22. The van der Waals surface area contributed by atoms with Gasteiger partial charge in [-0.15, -0.1) is 0 Å². The second-order valence-electron chi connectivity index (χ2n) is 4.58. The van der Waals surface area contributed by atoms with Crippen molar-refractivity contribution >= 4 is 0 Å². The van der Waals surface area contributed by atoms with Crippen LogP contribution in [-0.4, -0.2) is 29.3 Å². The number of hydrogen-bond acceptors (Lipinski definition) is 4. The zero-order chi connectivity index (χ0) is 13.1. The van der Waals surface area contributed by atoms with Crippen molar-refractivity contribution in [3.8, 4) is 17.0 Å². The molecule has 0 spiro atoms. The Kier molecular flexibility index (Phi) is 3.44. The average molecular weight is 256 g/mol. The van der Waals surface area contributed by atoms with Gasteiger partial charge >= 0.3 is 0 Å². The van der Waals surface area contributed by atoms with E-state index < -0.39 is 0 Å². The van der Waals surface area contributed by atoms with Crippen LogP contribution in [-0.2, 0) is 6.54 Å². The Morgan fingerprint density at radius 3 is 2.89 bits per heavy atom. The minimum Gasteiger partial charge on any atom is -0.476 e. The highest BCUT2D eigenvalue weighted by Gasteiger charge is 2.19. The molecule has 0 radical (unpaired) electrons. The van der Waals surface area contributed by atoms with Gasteiger partial charge in [0.2, 0.25) is 5.88 Å². The van der Waals surface area contributed by atoms with E-state index in [1.165, 1.54) is 0 Å². The number of benzene rings is 1. The van der Waals surface area contributed by atoms with Gasteiger partial charge in [0.15, 0.2) is 0 Å². The third kappa shape index (κ3) is 2.45. The Bertz CT molecular complexity index is 557. The predicted octanol–water partition coefficient (Wildman–Crippen LogP) is 1.59. The molecule has 4 nitrogen and oxygen atoms in total. The summed E-state index contributed by atoms with van der Waals surface area (Å²) in [5.74, 6) is 0.657. The van der Waals surface area contributed by atoms with Crippen molar-refractivity contribution in [1.29, 1.82) is 0 Å². The Morgan fingerprint density at radius 1 is 1.26 bits per heavy atom. The smallest absolute Gasteiger partial charge is 0.218 e. The van der Waals surface area contributed by atoms with Crippen LogP contribution in [0.5, 0.6) is 5.88 Å². The van der Waals surface area contributed by atoms with Gasteiger partial charge in [-0.3, -0.25) is 0 Å². The molecule has 2 N–H and O–H groups in total. The molecule has 3 rings (SSSR count). The molecule has 0 bridgehead atoms. The number of rotatable bonds is 2. The van der Waals surface area contributed by atoms with Gasteiger partial charge in [-0.2, -0.15) is 0 Å². The van der Waals surface area contributed by atoms with Crippen molar-refractivity contribution in [3.05, 3.63) is 48.2 Å². The van der Waals surface area contributed by atoms with E-state index in [9.17, 15) is 5.11 Å². The van der Waals surface area contributed by atoms with Crippen molar-refractivity contribution in [2.75, 3.05) is 13.2 Å². The van der Waals surface area contributed by atoms with Gasteiger partial charge in [-0.05, 0) is 17.2 Å². The lowest BCUT2D eigenvalue weighted by Gasteiger charge is -2.11. The fraction of sp³-hybridized carbons (Fsp3) is 0.267. The number of pyridine rings is 1. The molecule has 1 aromatic carbocycles. The lowest BCUT2D eigenvalue weighted by Crippen LogP contribution is -2.35. The Balaban J connectivity index is 2.01. The van der Waals surface area contributed by atoms with Crippen molar-refractivity contribution in [2.24, 2.45) is 0 Å². The molecule has 2 aromatic rings. The summed E-state index contributed by atoms with van der Waals surface area (Å²) in [7, 11) is 0. The molecule has 1 aliphatic heterocycles. The van der Waals surface area contributed by atoms with E-state index in [1.54, 1.807) is 6.20 Å². The lowest BCUT2D eigenvalue weighted by atomic mass is 10.0. The van der Waals surface area contributed by atoms with Gasteiger partial charge in [-0.25, -0.2) is 4.98 Å². The van der Waals surface area contributed by atoms with E-state index in [0.717, 1.165) is 16.7 Å². The summed E-state index contributed by atoms with van der Waals surface area (Å²) < 4.78 is 5.68. The number of fused-ring (bicyclic) bond motifs is 1. The van der Waals surface area contributed by atoms with Gasteiger partial charge in [0.25, 0.3) is 0 Å². The van der Waals surface area contributed by atoms with Crippen LogP contribution in [0, 0.1) is 0 Å². The number of aliphatic hydroxyl groups excluding tert-OH is 1. The lowest BCUT2D eigenvalue weighted by molar-refractivity contribution is 0.188. The maximum Gasteiger partial charge on any atom is 0.218 e. The van der Waals surface area contributed by atoms with Gasteiger partial charge in [0, 0.05) is 18.3 Å². The minimum absolute atomic E-state index is 0.0437. The fourth-order valence-electron chi connectivity index (χ4n) is 2.26. The molecule has 0 aliphatic carbocycles. The van der Waals surface area contributed by atoms with Crippen LogP contribution in [0.3, 0.4) is 0 Å². The first-order chi connectivity index (χ1) is 9.38. The number of ether oxygens (including phenoxy) is 1. The molecule has 4 heteroatoms. The largest absolute Gasteiger partial charge is 0.476 e. The van der Waals surface area contributed by atoms with E-state index in [0.29, 0.717) is 19.0 Å².